The van der Waals surface area contributed by atoms with Crippen LogP contribution in [0.2, 0.25) is 0 Å². The van der Waals surface area contributed by atoms with E-state index in [1.807, 2.05) is 6.92 Å². The molecule has 108 valence electrons. The summed E-state index contributed by atoms with van der Waals surface area (Å²) in [5.41, 5.74) is 5.46. The summed E-state index contributed by atoms with van der Waals surface area (Å²) in [7, 11) is -2.44. The lowest BCUT2D eigenvalue weighted by atomic mass is 10.2. The van der Waals surface area contributed by atoms with Crippen molar-refractivity contribution in [1.82, 2.24) is 19.7 Å². The van der Waals surface area contributed by atoms with Gasteiger partial charge in [-0.1, -0.05) is 23.7 Å². The Morgan fingerprint density at radius 2 is 2.32 bits per heavy atom. The summed E-state index contributed by atoms with van der Waals surface area (Å²) < 4.78 is 28.0. The van der Waals surface area contributed by atoms with Gasteiger partial charge in [0.2, 0.25) is 5.03 Å². The SMILES string of the molecule is CCCC(NS(=O)(=O)c1c(Br)nnn1C)C(N)=NO. The lowest BCUT2D eigenvalue weighted by molar-refractivity contribution is 0.315. The van der Waals surface area contributed by atoms with Gasteiger partial charge in [-0.25, -0.2) is 13.1 Å². The van der Waals surface area contributed by atoms with Gasteiger partial charge in [0.15, 0.2) is 10.4 Å². The highest BCUT2D eigenvalue weighted by Gasteiger charge is 2.28. The topological polar surface area (TPSA) is 135 Å². The van der Waals surface area contributed by atoms with E-state index >= 15 is 0 Å². The maximum atomic E-state index is 12.2. The summed E-state index contributed by atoms with van der Waals surface area (Å²) in [5.74, 6) is -0.198. The number of nitrogens with two attached hydrogens (primary N) is 1. The van der Waals surface area contributed by atoms with Crippen LogP contribution in [-0.4, -0.2) is 40.5 Å². The van der Waals surface area contributed by atoms with Gasteiger partial charge in [-0.05, 0) is 22.4 Å². The normalized spacial score (nSPS) is 14.6. The van der Waals surface area contributed by atoms with Crippen molar-refractivity contribution in [1.29, 1.82) is 0 Å². The highest BCUT2D eigenvalue weighted by atomic mass is 79.9. The minimum Gasteiger partial charge on any atom is -0.409 e. The van der Waals surface area contributed by atoms with Crippen LogP contribution in [0.5, 0.6) is 0 Å². The predicted molar refractivity (Wildman–Crippen MR) is 71.1 cm³/mol. The Balaban J connectivity index is 3.08. The maximum absolute atomic E-state index is 12.2. The Bertz CT molecular complexity index is 550. The third kappa shape index (κ3) is 3.64. The molecule has 0 saturated carbocycles. The minimum atomic E-state index is -3.89. The molecule has 0 radical (unpaired) electrons. The van der Waals surface area contributed by atoms with Crippen LogP contribution in [0.3, 0.4) is 0 Å². The number of nitrogens with zero attached hydrogens (tertiary/aromatic N) is 4. The van der Waals surface area contributed by atoms with Crippen LogP contribution >= 0.6 is 15.9 Å². The molecule has 0 aliphatic carbocycles. The molecule has 1 heterocycles. The van der Waals surface area contributed by atoms with Gasteiger partial charge in [0.05, 0.1) is 6.04 Å². The molecule has 1 rings (SSSR count). The van der Waals surface area contributed by atoms with E-state index in [0.29, 0.717) is 12.8 Å². The van der Waals surface area contributed by atoms with Gasteiger partial charge in [-0.3, -0.25) is 0 Å². The average Bonchev–Trinajstić information content (AvgIpc) is 2.67. The molecule has 0 aliphatic rings. The molecule has 0 amide bonds. The molecule has 0 aliphatic heterocycles. The fourth-order valence-corrected chi connectivity index (χ4v) is 3.82. The smallest absolute Gasteiger partial charge is 0.261 e. The summed E-state index contributed by atoms with van der Waals surface area (Å²) in [4.78, 5) is 0. The molecule has 0 spiro atoms. The number of sulfonamides is 1. The number of rotatable bonds is 6. The number of hydrogen-bond donors (Lipinski definition) is 3. The molecule has 9 nitrogen and oxygen atoms in total. The second-order valence-electron chi connectivity index (χ2n) is 3.80. The zero-order valence-electron chi connectivity index (χ0n) is 10.4. The molecule has 0 aromatic carbocycles. The van der Waals surface area contributed by atoms with Crippen molar-refractivity contribution in [3.63, 3.8) is 0 Å². The zero-order valence-corrected chi connectivity index (χ0v) is 12.8. The van der Waals surface area contributed by atoms with Gasteiger partial charge in [0.25, 0.3) is 10.0 Å². The quantitative estimate of drug-likeness (QED) is 0.279. The van der Waals surface area contributed by atoms with Crippen LogP contribution < -0.4 is 10.5 Å². The molecular formula is C8H15BrN6O3S. The molecule has 11 heteroatoms. The molecule has 0 saturated heterocycles. The van der Waals surface area contributed by atoms with Crippen molar-refractivity contribution in [2.24, 2.45) is 17.9 Å². The number of nitrogens with one attached hydrogen (secondary N) is 1. The number of oxime groups is 1. The van der Waals surface area contributed by atoms with Crippen LogP contribution in [0.4, 0.5) is 0 Å². The van der Waals surface area contributed by atoms with E-state index in [-0.39, 0.29) is 15.5 Å². The summed E-state index contributed by atoms with van der Waals surface area (Å²) >= 11 is 3.01. The highest BCUT2D eigenvalue weighted by Crippen LogP contribution is 2.18. The molecule has 1 aromatic heterocycles. The molecule has 19 heavy (non-hydrogen) atoms. The fourth-order valence-electron chi connectivity index (χ4n) is 1.48. The molecule has 1 unspecified atom stereocenters. The van der Waals surface area contributed by atoms with E-state index in [9.17, 15) is 8.42 Å². The lowest BCUT2D eigenvalue weighted by Crippen LogP contribution is -2.44. The van der Waals surface area contributed by atoms with Gasteiger partial charge < -0.3 is 10.9 Å². The number of aryl methyl sites for hydroxylation is 1. The van der Waals surface area contributed by atoms with Gasteiger partial charge in [0.1, 0.15) is 0 Å². The van der Waals surface area contributed by atoms with E-state index in [0.717, 1.165) is 4.68 Å². The highest BCUT2D eigenvalue weighted by molar-refractivity contribution is 9.10. The first kappa shape index (κ1) is 15.9. The van der Waals surface area contributed by atoms with Gasteiger partial charge in [-0.15, -0.1) is 5.10 Å². The van der Waals surface area contributed by atoms with E-state index < -0.39 is 16.1 Å². The second kappa shape index (κ2) is 6.30. The van der Waals surface area contributed by atoms with E-state index in [1.54, 1.807) is 0 Å². The van der Waals surface area contributed by atoms with E-state index in [2.05, 4.69) is 36.1 Å². The van der Waals surface area contributed by atoms with Crippen molar-refractivity contribution in [3.8, 4) is 0 Å². The number of hydrogen-bond acceptors (Lipinski definition) is 6. The van der Waals surface area contributed by atoms with Crippen LogP contribution in [0.1, 0.15) is 19.8 Å². The van der Waals surface area contributed by atoms with Gasteiger partial charge in [-0.2, -0.15) is 4.72 Å². The summed E-state index contributed by atoms with van der Waals surface area (Å²) in [6.07, 6.45) is 1.06. The summed E-state index contributed by atoms with van der Waals surface area (Å²) in [6.45, 7) is 1.85. The van der Waals surface area contributed by atoms with Gasteiger partial charge >= 0.3 is 0 Å². The first-order valence-electron chi connectivity index (χ1n) is 5.38. The van der Waals surface area contributed by atoms with Gasteiger partial charge in [0, 0.05) is 7.05 Å². The van der Waals surface area contributed by atoms with Crippen LogP contribution in [0.15, 0.2) is 14.8 Å². The standard InChI is InChI=1S/C8H15BrN6O3S/c1-3-4-5(7(10)12-16)13-19(17,18)8-6(9)11-14-15(8)2/h5,13,16H,3-4H2,1-2H3,(H2,10,12). The molecule has 1 atom stereocenters. The molecule has 4 N–H and O–H groups in total. The maximum Gasteiger partial charge on any atom is 0.261 e. The van der Waals surface area contributed by atoms with Crippen molar-refractivity contribution < 1.29 is 13.6 Å². The second-order valence-corrected chi connectivity index (χ2v) is 6.18. The zero-order chi connectivity index (χ0) is 14.6. The Kier molecular flexibility index (Phi) is 5.26. The average molecular weight is 355 g/mol. The molecule has 0 bridgehead atoms. The molecular weight excluding hydrogens is 340 g/mol. The molecule has 0 fully saturated rings. The Labute approximate surface area is 119 Å². The van der Waals surface area contributed by atoms with Crippen molar-refractivity contribution in [2.75, 3.05) is 0 Å². The fraction of sp³-hybridized carbons (Fsp3) is 0.625. The first-order chi connectivity index (χ1) is 8.83. The number of aromatic nitrogens is 3. The van der Waals surface area contributed by atoms with Crippen LogP contribution in [-0.2, 0) is 17.1 Å². The Morgan fingerprint density at radius 1 is 1.68 bits per heavy atom. The van der Waals surface area contributed by atoms with E-state index in [1.165, 1.54) is 7.05 Å². The third-order valence-electron chi connectivity index (χ3n) is 2.34. The Morgan fingerprint density at radius 3 is 2.74 bits per heavy atom. The third-order valence-corrected chi connectivity index (χ3v) is 4.70. The first-order valence-corrected chi connectivity index (χ1v) is 7.66. The van der Waals surface area contributed by atoms with Crippen molar-refractivity contribution >= 4 is 31.8 Å². The van der Waals surface area contributed by atoms with Crippen LogP contribution in [0, 0.1) is 0 Å². The largest absolute Gasteiger partial charge is 0.409 e. The summed E-state index contributed by atoms with van der Waals surface area (Å²) in [6, 6.07) is -0.790. The molecule has 1 aromatic rings. The predicted octanol–water partition coefficient (Wildman–Crippen LogP) is -0.229. The summed E-state index contributed by atoms with van der Waals surface area (Å²) in [5, 5.41) is 18.6. The Hall–Kier alpha value is -1.20. The van der Waals surface area contributed by atoms with Crippen LogP contribution in [0.25, 0.3) is 0 Å². The van der Waals surface area contributed by atoms with Crippen molar-refractivity contribution in [3.05, 3.63) is 4.60 Å². The van der Waals surface area contributed by atoms with E-state index in [4.69, 9.17) is 10.9 Å². The minimum absolute atomic E-state index is 0.0947. The lowest BCUT2D eigenvalue weighted by Gasteiger charge is -2.16. The number of amidine groups is 1. The monoisotopic (exact) mass is 354 g/mol. The number of halogens is 1. The van der Waals surface area contributed by atoms with Crippen molar-refractivity contribution in [2.45, 2.75) is 30.8 Å².